The summed E-state index contributed by atoms with van der Waals surface area (Å²) in [5.41, 5.74) is 1.59. The van der Waals surface area contributed by atoms with Gasteiger partial charge in [0.25, 0.3) is 0 Å². The highest BCUT2D eigenvalue weighted by Gasteiger charge is 2.29. The number of aryl methyl sites for hydroxylation is 1. The second kappa shape index (κ2) is 8.52. The summed E-state index contributed by atoms with van der Waals surface area (Å²) in [6.45, 7) is 3.62. The molecule has 1 saturated heterocycles. The molecule has 1 fully saturated rings. The first kappa shape index (κ1) is 19.9. The third-order valence-electron chi connectivity index (χ3n) is 5.36. The van der Waals surface area contributed by atoms with Gasteiger partial charge >= 0.3 is 0 Å². The lowest BCUT2D eigenvalue weighted by molar-refractivity contribution is -0.116. The van der Waals surface area contributed by atoms with Crippen LogP contribution < -0.4 is 10.1 Å². The van der Waals surface area contributed by atoms with Crippen LogP contribution in [0.15, 0.2) is 53.4 Å². The fourth-order valence-electron chi connectivity index (χ4n) is 3.67. The van der Waals surface area contributed by atoms with E-state index in [1.165, 1.54) is 0 Å². The van der Waals surface area contributed by atoms with Crippen molar-refractivity contribution in [3.05, 3.63) is 54.1 Å². The summed E-state index contributed by atoms with van der Waals surface area (Å²) in [6.07, 6.45) is 0.958. The van der Waals surface area contributed by atoms with Crippen LogP contribution in [-0.2, 0) is 21.2 Å². The predicted octanol–water partition coefficient (Wildman–Crippen LogP) is 1.96. The maximum absolute atomic E-state index is 13.0. The number of hydrogen-bond acceptors (Lipinski definition) is 5. The molecule has 0 radical (unpaired) electrons. The van der Waals surface area contributed by atoms with Crippen LogP contribution in [0.2, 0.25) is 0 Å². The minimum Gasteiger partial charge on any atom is -0.492 e. The van der Waals surface area contributed by atoms with Gasteiger partial charge < -0.3 is 10.1 Å². The van der Waals surface area contributed by atoms with Crippen LogP contribution in [0.3, 0.4) is 0 Å². The van der Waals surface area contributed by atoms with E-state index in [2.05, 4.69) is 10.2 Å². The third kappa shape index (κ3) is 4.60. The summed E-state index contributed by atoms with van der Waals surface area (Å²) in [4.78, 5) is 14.0. The van der Waals surface area contributed by atoms with Crippen LogP contribution in [0.5, 0.6) is 5.75 Å². The molecule has 4 rings (SSSR count). The van der Waals surface area contributed by atoms with Gasteiger partial charge in [0.2, 0.25) is 15.9 Å². The molecule has 2 aromatic carbocycles. The Morgan fingerprint density at radius 2 is 1.72 bits per heavy atom. The zero-order valence-electron chi connectivity index (χ0n) is 16.2. The van der Waals surface area contributed by atoms with Crippen LogP contribution in [-0.4, -0.2) is 62.9 Å². The molecule has 2 heterocycles. The molecule has 0 bridgehead atoms. The number of para-hydroxylation sites is 1. The summed E-state index contributed by atoms with van der Waals surface area (Å²) >= 11 is 0. The van der Waals surface area contributed by atoms with E-state index in [1.54, 1.807) is 22.5 Å². The average Bonchev–Trinajstić information content (AvgIpc) is 2.74. The molecule has 1 amide bonds. The number of fused-ring (bicyclic) bond motifs is 1. The van der Waals surface area contributed by atoms with Crippen molar-refractivity contribution in [1.82, 2.24) is 9.21 Å². The van der Waals surface area contributed by atoms with Gasteiger partial charge in [-0.05, 0) is 42.3 Å². The molecule has 2 aliphatic heterocycles. The molecular weight excluding hydrogens is 390 g/mol. The van der Waals surface area contributed by atoms with E-state index in [-0.39, 0.29) is 5.91 Å². The monoisotopic (exact) mass is 415 g/mol. The number of ether oxygens (including phenoxy) is 1. The molecule has 0 spiro atoms. The second-order valence-corrected chi connectivity index (χ2v) is 9.21. The molecule has 7 nitrogen and oxygen atoms in total. The lowest BCUT2D eigenvalue weighted by Gasteiger charge is -2.34. The number of anilines is 1. The molecule has 0 atom stereocenters. The first-order valence-corrected chi connectivity index (χ1v) is 11.3. The third-order valence-corrected chi connectivity index (χ3v) is 7.26. The van der Waals surface area contributed by atoms with E-state index in [1.807, 2.05) is 30.3 Å². The van der Waals surface area contributed by atoms with E-state index in [0.717, 1.165) is 17.9 Å². The molecular formula is C21H25N3O4S. The average molecular weight is 416 g/mol. The van der Waals surface area contributed by atoms with Gasteiger partial charge in [0.15, 0.2) is 0 Å². The van der Waals surface area contributed by atoms with Crippen molar-refractivity contribution in [3.8, 4) is 5.75 Å². The fraction of sp³-hybridized carbons (Fsp3) is 0.381. The number of amides is 1. The molecule has 29 heavy (non-hydrogen) atoms. The maximum atomic E-state index is 13.0. The summed E-state index contributed by atoms with van der Waals surface area (Å²) in [5.74, 6) is 0.817. The van der Waals surface area contributed by atoms with Crippen LogP contribution >= 0.6 is 0 Å². The van der Waals surface area contributed by atoms with E-state index < -0.39 is 10.0 Å². The number of nitrogens with one attached hydrogen (secondary N) is 1. The van der Waals surface area contributed by atoms with Gasteiger partial charge in [0.1, 0.15) is 12.4 Å². The van der Waals surface area contributed by atoms with Gasteiger partial charge in [0, 0.05) is 44.8 Å². The minimum atomic E-state index is -3.53. The largest absolute Gasteiger partial charge is 0.492 e. The van der Waals surface area contributed by atoms with E-state index in [0.29, 0.717) is 56.2 Å². The van der Waals surface area contributed by atoms with Gasteiger partial charge in [-0.1, -0.05) is 18.2 Å². The molecule has 0 saturated carbocycles. The number of piperazine rings is 1. The highest BCUT2D eigenvalue weighted by Crippen LogP contribution is 2.27. The van der Waals surface area contributed by atoms with Crippen molar-refractivity contribution in [2.75, 3.05) is 44.6 Å². The van der Waals surface area contributed by atoms with Crippen LogP contribution in [0.1, 0.15) is 12.0 Å². The van der Waals surface area contributed by atoms with Gasteiger partial charge in [-0.25, -0.2) is 8.42 Å². The van der Waals surface area contributed by atoms with Crippen molar-refractivity contribution in [2.24, 2.45) is 0 Å². The molecule has 2 aliphatic rings. The topological polar surface area (TPSA) is 79.0 Å². The lowest BCUT2D eigenvalue weighted by Crippen LogP contribution is -2.49. The van der Waals surface area contributed by atoms with Crippen LogP contribution in [0.25, 0.3) is 0 Å². The highest BCUT2D eigenvalue weighted by atomic mass is 32.2. The van der Waals surface area contributed by atoms with Crippen molar-refractivity contribution in [2.45, 2.75) is 17.7 Å². The lowest BCUT2D eigenvalue weighted by atomic mass is 10.0. The Labute approximate surface area is 171 Å². The molecule has 0 aliphatic carbocycles. The standard InChI is InChI=1S/C21H25N3O4S/c25-21-9-6-17-16-19(7-8-20(17)22-21)29(26,27)24-12-10-23(11-13-24)14-15-28-18-4-2-1-3-5-18/h1-5,7-8,16H,6,9-15H2,(H,22,25). The zero-order valence-corrected chi connectivity index (χ0v) is 17.0. The van der Waals surface area contributed by atoms with Crippen LogP contribution in [0.4, 0.5) is 5.69 Å². The fourth-order valence-corrected chi connectivity index (χ4v) is 5.15. The van der Waals surface area contributed by atoms with E-state index in [9.17, 15) is 13.2 Å². The number of carbonyl (C=O) groups is 1. The van der Waals surface area contributed by atoms with Gasteiger partial charge in [-0.15, -0.1) is 0 Å². The summed E-state index contributed by atoms with van der Waals surface area (Å²) in [7, 11) is -3.53. The zero-order chi connectivity index (χ0) is 20.3. The molecule has 8 heteroatoms. The Hall–Kier alpha value is -2.42. The maximum Gasteiger partial charge on any atom is 0.243 e. The number of hydrogen-bond donors (Lipinski definition) is 1. The molecule has 0 unspecified atom stereocenters. The summed E-state index contributed by atoms with van der Waals surface area (Å²) in [6, 6.07) is 14.6. The normalized spacial score (nSPS) is 18.1. The quantitative estimate of drug-likeness (QED) is 0.780. The first-order valence-electron chi connectivity index (χ1n) is 9.85. The minimum absolute atomic E-state index is 0.0273. The Bertz CT molecular complexity index is 971. The Morgan fingerprint density at radius 1 is 0.966 bits per heavy atom. The Morgan fingerprint density at radius 3 is 2.48 bits per heavy atom. The number of carbonyl (C=O) groups excluding carboxylic acids is 1. The number of nitrogens with zero attached hydrogens (tertiary/aromatic N) is 2. The molecule has 2 aromatic rings. The van der Waals surface area contributed by atoms with Crippen LogP contribution in [0, 0.1) is 0 Å². The second-order valence-electron chi connectivity index (χ2n) is 7.27. The summed E-state index contributed by atoms with van der Waals surface area (Å²) < 4.78 is 33.4. The van der Waals surface area contributed by atoms with Crippen molar-refractivity contribution in [3.63, 3.8) is 0 Å². The summed E-state index contributed by atoms with van der Waals surface area (Å²) in [5, 5.41) is 2.79. The Balaban J connectivity index is 1.32. The predicted molar refractivity (Wildman–Crippen MR) is 111 cm³/mol. The molecule has 1 N–H and O–H groups in total. The van der Waals surface area contributed by atoms with Crippen molar-refractivity contribution in [1.29, 1.82) is 0 Å². The molecule has 0 aromatic heterocycles. The molecule has 154 valence electrons. The van der Waals surface area contributed by atoms with Crippen molar-refractivity contribution < 1.29 is 17.9 Å². The van der Waals surface area contributed by atoms with Gasteiger partial charge in [0.05, 0.1) is 4.90 Å². The number of benzene rings is 2. The number of rotatable bonds is 6. The van der Waals surface area contributed by atoms with Crippen molar-refractivity contribution >= 4 is 21.6 Å². The van der Waals surface area contributed by atoms with Gasteiger partial charge in [-0.3, -0.25) is 9.69 Å². The Kier molecular flexibility index (Phi) is 5.84. The highest BCUT2D eigenvalue weighted by molar-refractivity contribution is 7.89. The number of sulfonamides is 1. The smallest absolute Gasteiger partial charge is 0.243 e. The SMILES string of the molecule is O=C1CCc2cc(S(=O)(=O)N3CCN(CCOc4ccccc4)CC3)ccc2N1. The van der Waals surface area contributed by atoms with E-state index in [4.69, 9.17) is 4.74 Å². The van der Waals surface area contributed by atoms with Gasteiger partial charge in [-0.2, -0.15) is 4.31 Å². The van der Waals surface area contributed by atoms with E-state index >= 15 is 0 Å². The first-order chi connectivity index (χ1) is 14.0.